The number of ether oxygens (including phenoxy) is 3. The molecule has 2 aromatic rings. The molecule has 3 rings (SSSR count). The van der Waals surface area contributed by atoms with Crippen molar-refractivity contribution < 1.29 is 23.8 Å². The minimum absolute atomic E-state index is 0.117. The molecular formula is C24H32N2O5S. The predicted molar refractivity (Wildman–Crippen MR) is 125 cm³/mol. The number of alkyl carbamates (subject to hydrolysis) is 1. The average Bonchev–Trinajstić information content (AvgIpc) is 3.37. The van der Waals surface area contributed by atoms with E-state index in [4.69, 9.17) is 14.2 Å². The largest absolute Gasteiger partial charge is 0.496 e. The molecule has 1 saturated carbocycles. The maximum absolute atomic E-state index is 12.9. The van der Waals surface area contributed by atoms with Crippen molar-refractivity contribution in [2.45, 2.75) is 43.6 Å². The zero-order valence-electron chi connectivity index (χ0n) is 18.7. The number of para-hydroxylation sites is 1. The Morgan fingerprint density at radius 2 is 1.91 bits per heavy atom. The summed E-state index contributed by atoms with van der Waals surface area (Å²) in [5, 5.41) is 10.1. The Morgan fingerprint density at radius 3 is 2.59 bits per heavy atom. The van der Waals surface area contributed by atoms with Crippen LogP contribution in [0.4, 0.5) is 4.79 Å². The number of carbonyl (C=O) groups excluding carboxylic acids is 2. The van der Waals surface area contributed by atoms with Gasteiger partial charge < -0.3 is 24.8 Å². The SMILES string of the molecule is COCCCNC(=O)OC1CCC(CNC(=O)c2ccccc2OC)(c2ccsc2)CC1. The first-order valence-corrected chi connectivity index (χ1v) is 11.9. The van der Waals surface area contributed by atoms with Crippen LogP contribution in [0.25, 0.3) is 0 Å². The van der Waals surface area contributed by atoms with E-state index in [0.717, 1.165) is 32.1 Å². The molecule has 1 fully saturated rings. The number of hydrogen-bond donors (Lipinski definition) is 2. The number of rotatable bonds is 10. The van der Waals surface area contributed by atoms with Crippen LogP contribution in [0.2, 0.25) is 0 Å². The lowest BCUT2D eigenvalue weighted by molar-refractivity contribution is 0.0562. The standard InChI is InChI=1S/C24H32N2O5S/c1-29-14-5-13-25-23(28)31-19-8-11-24(12-9-19,18-10-15-32-16-18)17-26-22(27)20-6-3-4-7-21(20)30-2/h3-4,6-7,10,15-16,19H,5,8-9,11-14,17H2,1-2H3,(H,25,28)(H,26,27). The molecule has 174 valence electrons. The predicted octanol–water partition coefficient (Wildman–Crippen LogP) is 4.13. The van der Waals surface area contributed by atoms with Gasteiger partial charge in [-0.2, -0.15) is 11.3 Å². The highest BCUT2D eigenvalue weighted by Gasteiger charge is 2.38. The topological polar surface area (TPSA) is 85.9 Å². The number of carbonyl (C=O) groups is 2. The van der Waals surface area contributed by atoms with Gasteiger partial charge in [0.25, 0.3) is 5.91 Å². The van der Waals surface area contributed by atoms with E-state index < -0.39 is 0 Å². The van der Waals surface area contributed by atoms with Gasteiger partial charge in [0, 0.05) is 32.2 Å². The van der Waals surface area contributed by atoms with Gasteiger partial charge in [0.1, 0.15) is 11.9 Å². The molecule has 0 unspecified atom stereocenters. The first-order chi connectivity index (χ1) is 15.6. The molecule has 0 aliphatic heterocycles. The van der Waals surface area contributed by atoms with Gasteiger partial charge in [-0.05, 0) is 66.6 Å². The molecule has 1 aliphatic carbocycles. The lowest BCUT2D eigenvalue weighted by atomic mass is 9.69. The van der Waals surface area contributed by atoms with Gasteiger partial charge in [0.05, 0.1) is 12.7 Å². The van der Waals surface area contributed by atoms with Crippen molar-refractivity contribution in [3.05, 3.63) is 52.2 Å². The van der Waals surface area contributed by atoms with Crippen molar-refractivity contribution in [1.29, 1.82) is 0 Å². The minimum atomic E-state index is -0.376. The second-order valence-corrected chi connectivity index (χ2v) is 8.83. The van der Waals surface area contributed by atoms with Crippen LogP contribution in [-0.4, -0.2) is 52.0 Å². The normalized spacial score (nSPS) is 20.4. The molecule has 7 nitrogen and oxygen atoms in total. The number of benzene rings is 1. The monoisotopic (exact) mass is 460 g/mol. The van der Waals surface area contributed by atoms with Crippen LogP contribution in [0.5, 0.6) is 5.75 Å². The van der Waals surface area contributed by atoms with Gasteiger partial charge in [0.15, 0.2) is 0 Å². The Hall–Kier alpha value is -2.58. The van der Waals surface area contributed by atoms with Crippen LogP contribution >= 0.6 is 11.3 Å². The summed E-state index contributed by atoms with van der Waals surface area (Å²) >= 11 is 1.65. The zero-order valence-corrected chi connectivity index (χ0v) is 19.5. The zero-order chi connectivity index (χ0) is 22.8. The summed E-state index contributed by atoms with van der Waals surface area (Å²) in [5.74, 6) is 0.411. The minimum Gasteiger partial charge on any atom is -0.496 e. The summed E-state index contributed by atoms with van der Waals surface area (Å²) in [7, 11) is 3.20. The number of hydrogen-bond acceptors (Lipinski definition) is 6. The van der Waals surface area contributed by atoms with Crippen LogP contribution in [0, 0.1) is 0 Å². The summed E-state index contributed by atoms with van der Waals surface area (Å²) in [6.07, 6.45) is 3.43. The molecule has 0 bridgehead atoms. The van der Waals surface area contributed by atoms with Crippen LogP contribution in [0.15, 0.2) is 41.1 Å². The quantitative estimate of drug-likeness (QED) is 0.521. The molecule has 2 amide bonds. The smallest absolute Gasteiger partial charge is 0.407 e. The molecule has 1 heterocycles. The maximum Gasteiger partial charge on any atom is 0.407 e. The second kappa shape index (κ2) is 11.9. The number of thiophene rings is 1. The molecule has 1 aliphatic rings. The summed E-state index contributed by atoms with van der Waals surface area (Å²) in [4.78, 5) is 24.9. The van der Waals surface area contributed by atoms with Crippen LogP contribution in [-0.2, 0) is 14.9 Å². The summed E-state index contributed by atoms with van der Waals surface area (Å²) in [5.41, 5.74) is 1.58. The molecule has 1 aromatic heterocycles. The molecule has 0 atom stereocenters. The highest BCUT2D eigenvalue weighted by Crippen LogP contribution is 2.41. The first-order valence-electron chi connectivity index (χ1n) is 11.0. The van der Waals surface area contributed by atoms with E-state index >= 15 is 0 Å². The molecule has 0 radical (unpaired) electrons. The van der Waals surface area contributed by atoms with Crippen molar-refractivity contribution in [3.8, 4) is 5.75 Å². The van der Waals surface area contributed by atoms with Crippen molar-refractivity contribution in [2.24, 2.45) is 0 Å². The maximum atomic E-state index is 12.9. The second-order valence-electron chi connectivity index (χ2n) is 8.05. The molecule has 2 N–H and O–H groups in total. The van der Waals surface area contributed by atoms with Gasteiger partial charge in [-0.15, -0.1) is 0 Å². The third-order valence-corrected chi connectivity index (χ3v) is 6.71. The fraction of sp³-hybridized carbons (Fsp3) is 0.500. The van der Waals surface area contributed by atoms with Crippen molar-refractivity contribution in [1.82, 2.24) is 10.6 Å². The van der Waals surface area contributed by atoms with E-state index in [9.17, 15) is 9.59 Å². The number of methoxy groups -OCH3 is 2. The van der Waals surface area contributed by atoms with Crippen LogP contribution in [0.3, 0.4) is 0 Å². The highest BCUT2D eigenvalue weighted by molar-refractivity contribution is 7.08. The molecule has 1 aromatic carbocycles. The Kier molecular flexibility index (Phi) is 8.93. The Morgan fingerprint density at radius 1 is 1.12 bits per heavy atom. The van der Waals surface area contributed by atoms with E-state index in [1.54, 1.807) is 37.7 Å². The Bertz CT molecular complexity index is 863. The van der Waals surface area contributed by atoms with Gasteiger partial charge in [-0.1, -0.05) is 12.1 Å². The van der Waals surface area contributed by atoms with E-state index in [1.807, 2.05) is 12.1 Å². The first kappa shape index (κ1) is 24.1. The van der Waals surface area contributed by atoms with Crippen LogP contribution in [0.1, 0.15) is 48.0 Å². The van der Waals surface area contributed by atoms with Crippen molar-refractivity contribution >= 4 is 23.3 Å². The van der Waals surface area contributed by atoms with Gasteiger partial charge >= 0.3 is 6.09 Å². The van der Waals surface area contributed by atoms with Crippen LogP contribution < -0.4 is 15.4 Å². The lowest BCUT2D eigenvalue weighted by Crippen LogP contribution is -2.45. The third kappa shape index (κ3) is 6.23. The molecule has 0 spiro atoms. The van der Waals surface area contributed by atoms with E-state index in [2.05, 4.69) is 27.5 Å². The highest BCUT2D eigenvalue weighted by atomic mass is 32.1. The summed E-state index contributed by atoms with van der Waals surface area (Å²) < 4.78 is 15.9. The molecule has 32 heavy (non-hydrogen) atoms. The van der Waals surface area contributed by atoms with Gasteiger partial charge in [0.2, 0.25) is 0 Å². The Balaban J connectivity index is 1.58. The number of amides is 2. The number of nitrogens with one attached hydrogen (secondary N) is 2. The third-order valence-electron chi connectivity index (χ3n) is 6.03. The van der Waals surface area contributed by atoms with Crippen molar-refractivity contribution in [3.63, 3.8) is 0 Å². The summed E-state index contributed by atoms with van der Waals surface area (Å²) in [6.45, 7) is 1.66. The molecule has 0 saturated heterocycles. The fourth-order valence-corrected chi connectivity index (χ4v) is 4.95. The summed E-state index contributed by atoms with van der Waals surface area (Å²) in [6, 6.07) is 9.35. The average molecular weight is 461 g/mol. The van der Waals surface area contributed by atoms with Gasteiger partial charge in [-0.3, -0.25) is 4.79 Å². The van der Waals surface area contributed by atoms with Crippen molar-refractivity contribution in [2.75, 3.05) is 33.9 Å². The fourth-order valence-electron chi connectivity index (χ4n) is 4.17. The van der Waals surface area contributed by atoms with E-state index in [1.165, 1.54) is 5.56 Å². The van der Waals surface area contributed by atoms with E-state index in [0.29, 0.717) is 31.0 Å². The lowest BCUT2D eigenvalue weighted by Gasteiger charge is -2.40. The Labute approximate surface area is 193 Å². The van der Waals surface area contributed by atoms with E-state index in [-0.39, 0.29) is 23.5 Å². The molecule has 8 heteroatoms. The molecular weight excluding hydrogens is 428 g/mol. The van der Waals surface area contributed by atoms with Gasteiger partial charge in [-0.25, -0.2) is 4.79 Å².